The molecule has 5 N–H and O–H groups in total. The Morgan fingerprint density at radius 1 is 1.20 bits per heavy atom. The zero-order valence-corrected chi connectivity index (χ0v) is 17.5. The summed E-state index contributed by atoms with van der Waals surface area (Å²) in [4.78, 5) is 39.3. The summed E-state index contributed by atoms with van der Waals surface area (Å²) in [6, 6.07) is 4.85. The second-order valence-electron chi connectivity index (χ2n) is 7.79. The van der Waals surface area contributed by atoms with E-state index < -0.39 is 12.0 Å². The van der Waals surface area contributed by atoms with E-state index in [9.17, 15) is 14.4 Å². The molecule has 158 valence electrons. The molecule has 3 rings (SSSR count). The normalized spacial score (nSPS) is 15.2. The molecule has 0 bridgehead atoms. The molecule has 1 aromatic heterocycles. The van der Waals surface area contributed by atoms with Crippen LogP contribution in [0.5, 0.6) is 0 Å². The van der Waals surface area contributed by atoms with Crippen LogP contribution < -0.4 is 11.1 Å². The molecule has 2 aromatic rings. The standard InChI is InChI=1S/C23H27N3O4/c1-12-7-6-9-17-20(12)15(22(28)26-17)11-18-13(2)21(14(3)25-18)19(27)10-5-4-8-16(24)23(29)30/h6-7,9,11,16,25H,4-5,8,10,24H2,1-3H3,(H,26,28)(H,29,30)/b15-11-. The number of fused-ring (bicyclic) bond motifs is 1. The van der Waals surface area contributed by atoms with Gasteiger partial charge in [-0.1, -0.05) is 18.6 Å². The maximum atomic E-state index is 12.8. The summed E-state index contributed by atoms with van der Waals surface area (Å²) in [5.74, 6) is -1.18. The van der Waals surface area contributed by atoms with Crippen molar-refractivity contribution in [3.05, 3.63) is 51.8 Å². The van der Waals surface area contributed by atoms with E-state index in [0.29, 0.717) is 36.8 Å². The monoisotopic (exact) mass is 409 g/mol. The number of carbonyl (C=O) groups excluding carboxylic acids is 2. The van der Waals surface area contributed by atoms with Crippen molar-refractivity contribution in [2.75, 3.05) is 5.32 Å². The first-order chi connectivity index (χ1) is 14.2. The molecule has 0 aliphatic carbocycles. The molecule has 7 heteroatoms. The lowest BCUT2D eigenvalue weighted by molar-refractivity contribution is -0.138. The highest BCUT2D eigenvalue weighted by Crippen LogP contribution is 2.36. The number of carbonyl (C=O) groups is 3. The van der Waals surface area contributed by atoms with Gasteiger partial charge in [0.25, 0.3) is 5.91 Å². The molecule has 0 fully saturated rings. The van der Waals surface area contributed by atoms with Crippen LogP contribution in [0.3, 0.4) is 0 Å². The molecule has 0 saturated carbocycles. The van der Waals surface area contributed by atoms with Crippen LogP contribution in [0.25, 0.3) is 11.6 Å². The van der Waals surface area contributed by atoms with Crippen molar-refractivity contribution in [2.45, 2.75) is 52.5 Å². The zero-order chi connectivity index (χ0) is 22.0. The SMILES string of the molecule is Cc1cccc2c1/C(=C/c1[nH]c(C)c(C(=O)CCCCC(N)C(=O)O)c1C)C(=O)N2. The number of amides is 1. The van der Waals surface area contributed by atoms with Crippen molar-refractivity contribution < 1.29 is 19.5 Å². The number of aryl methyl sites for hydroxylation is 2. The van der Waals surface area contributed by atoms with Gasteiger partial charge in [-0.3, -0.25) is 14.4 Å². The minimum absolute atomic E-state index is 0.00208. The van der Waals surface area contributed by atoms with Crippen LogP contribution in [0, 0.1) is 20.8 Å². The summed E-state index contributed by atoms with van der Waals surface area (Å²) in [7, 11) is 0. The summed E-state index contributed by atoms with van der Waals surface area (Å²) in [6.07, 6.45) is 3.63. The third-order valence-corrected chi connectivity index (χ3v) is 5.56. The number of H-pyrrole nitrogens is 1. The fourth-order valence-corrected chi connectivity index (χ4v) is 3.95. The number of aliphatic carboxylic acids is 1. The number of aromatic nitrogens is 1. The van der Waals surface area contributed by atoms with E-state index in [1.807, 2.05) is 39.0 Å². The second-order valence-corrected chi connectivity index (χ2v) is 7.79. The molecule has 1 unspecified atom stereocenters. The van der Waals surface area contributed by atoms with Gasteiger partial charge in [-0.15, -0.1) is 0 Å². The number of benzene rings is 1. The second kappa shape index (κ2) is 8.67. The molecular weight excluding hydrogens is 382 g/mol. The Bertz CT molecular complexity index is 1050. The van der Waals surface area contributed by atoms with E-state index in [1.165, 1.54) is 0 Å². The Morgan fingerprint density at radius 3 is 2.63 bits per heavy atom. The fraction of sp³-hybridized carbons (Fsp3) is 0.348. The number of rotatable bonds is 8. The molecule has 1 aromatic carbocycles. The number of Topliss-reactive ketones (excluding diaryl/α,β-unsaturated/α-hetero) is 1. The van der Waals surface area contributed by atoms with Crippen molar-refractivity contribution in [2.24, 2.45) is 5.73 Å². The smallest absolute Gasteiger partial charge is 0.320 e. The molecule has 1 atom stereocenters. The molecule has 0 radical (unpaired) electrons. The van der Waals surface area contributed by atoms with Gasteiger partial charge in [-0.05, 0) is 56.9 Å². The van der Waals surface area contributed by atoms with Gasteiger partial charge in [-0.25, -0.2) is 0 Å². The predicted octanol–water partition coefficient (Wildman–Crippen LogP) is 3.59. The summed E-state index contributed by atoms with van der Waals surface area (Å²) in [5, 5.41) is 11.7. The zero-order valence-electron chi connectivity index (χ0n) is 17.5. The van der Waals surface area contributed by atoms with Gasteiger partial charge in [0.2, 0.25) is 0 Å². The van der Waals surface area contributed by atoms with Crippen molar-refractivity contribution in [3.8, 4) is 0 Å². The molecular formula is C23H27N3O4. The van der Waals surface area contributed by atoms with Crippen LogP contribution >= 0.6 is 0 Å². The van der Waals surface area contributed by atoms with Crippen molar-refractivity contribution in [1.82, 2.24) is 4.98 Å². The Hall–Kier alpha value is -3.19. The Balaban J connectivity index is 1.78. The van der Waals surface area contributed by atoms with Crippen LogP contribution in [0.1, 0.15) is 64.1 Å². The highest BCUT2D eigenvalue weighted by atomic mass is 16.4. The molecule has 0 spiro atoms. The van der Waals surface area contributed by atoms with Gasteiger partial charge < -0.3 is 21.1 Å². The predicted molar refractivity (Wildman–Crippen MR) is 116 cm³/mol. The average Bonchev–Trinajstić information content (AvgIpc) is 3.15. The Kier molecular flexibility index (Phi) is 6.22. The first-order valence-corrected chi connectivity index (χ1v) is 10.0. The van der Waals surface area contributed by atoms with E-state index in [4.69, 9.17) is 10.8 Å². The highest BCUT2D eigenvalue weighted by molar-refractivity contribution is 6.35. The summed E-state index contributed by atoms with van der Waals surface area (Å²) in [5.41, 5.74) is 11.7. The van der Waals surface area contributed by atoms with E-state index in [-0.39, 0.29) is 11.7 Å². The van der Waals surface area contributed by atoms with Crippen LogP contribution in [0.2, 0.25) is 0 Å². The number of nitrogens with two attached hydrogens (primary N) is 1. The molecule has 0 saturated heterocycles. The number of aromatic amines is 1. The lowest BCUT2D eigenvalue weighted by Gasteiger charge is -2.06. The molecule has 1 amide bonds. The van der Waals surface area contributed by atoms with Gasteiger partial charge in [-0.2, -0.15) is 0 Å². The van der Waals surface area contributed by atoms with Crippen molar-refractivity contribution in [1.29, 1.82) is 0 Å². The quantitative estimate of drug-likeness (QED) is 0.301. The minimum atomic E-state index is -1.02. The number of anilines is 1. The number of hydrogen-bond donors (Lipinski definition) is 4. The number of ketones is 1. The number of carboxylic acid groups (broad SMARTS) is 1. The number of hydrogen-bond acceptors (Lipinski definition) is 4. The first kappa shape index (κ1) is 21.5. The average molecular weight is 409 g/mol. The lowest BCUT2D eigenvalue weighted by Crippen LogP contribution is -2.29. The van der Waals surface area contributed by atoms with Crippen LogP contribution in [-0.2, 0) is 9.59 Å². The fourth-order valence-electron chi connectivity index (χ4n) is 3.95. The van der Waals surface area contributed by atoms with Gasteiger partial charge >= 0.3 is 5.97 Å². The van der Waals surface area contributed by atoms with E-state index >= 15 is 0 Å². The first-order valence-electron chi connectivity index (χ1n) is 10.0. The van der Waals surface area contributed by atoms with E-state index in [2.05, 4.69) is 10.3 Å². The number of unbranched alkanes of at least 4 members (excludes halogenated alkanes) is 1. The van der Waals surface area contributed by atoms with E-state index in [0.717, 1.165) is 33.8 Å². The molecule has 7 nitrogen and oxygen atoms in total. The van der Waals surface area contributed by atoms with Gasteiger partial charge in [0.1, 0.15) is 6.04 Å². The van der Waals surface area contributed by atoms with E-state index in [1.54, 1.807) is 6.08 Å². The Morgan fingerprint density at radius 2 is 1.93 bits per heavy atom. The maximum absolute atomic E-state index is 12.8. The van der Waals surface area contributed by atoms with Gasteiger partial charge in [0.05, 0.1) is 5.57 Å². The third kappa shape index (κ3) is 4.21. The largest absolute Gasteiger partial charge is 0.480 e. The van der Waals surface area contributed by atoms with Gasteiger partial charge in [0.15, 0.2) is 5.78 Å². The number of nitrogens with one attached hydrogen (secondary N) is 2. The van der Waals surface area contributed by atoms with Crippen LogP contribution in [-0.4, -0.2) is 33.8 Å². The molecule has 30 heavy (non-hydrogen) atoms. The molecule has 1 aliphatic rings. The Labute approximate surface area is 175 Å². The van der Waals surface area contributed by atoms with Crippen molar-refractivity contribution >= 4 is 35.0 Å². The number of carboxylic acids is 1. The highest BCUT2D eigenvalue weighted by Gasteiger charge is 2.26. The lowest BCUT2D eigenvalue weighted by atomic mass is 9.98. The summed E-state index contributed by atoms with van der Waals surface area (Å²) in [6.45, 7) is 5.68. The minimum Gasteiger partial charge on any atom is -0.480 e. The topological polar surface area (TPSA) is 125 Å². The molecule has 1 aliphatic heterocycles. The van der Waals surface area contributed by atoms with Gasteiger partial charge in [0, 0.05) is 34.6 Å². The van der Waals surface area contributed by atoms with Crippen LogP contribution in [0.15, 0.2) is 18.2 Å². The van der Waals surface area contributed by atoms with Crippen LogP contribution in [0.4, 0.5) is 5.69 Å². The maximum Gasteiger partial charge on any atom is 0.320 e. The summed E-state index contributed by atoms with van der Waals surface area (Å²) < 4.78 is 0. The summed E-state index contributed by atoms with van der Waals surface area (Å²) >= 11 is 0. The molecule has 2 heterocycles. The third-order valence-electron chi connectivity index (χ3n) is 5.56. The van der Waals surface area contributed by atoms with Crippen molar-refractivity contribution in [3.63, 3.8) is 0 Å².